The van der Waals surface area contributed by atoms with Crippen LogP contribution in [0.2, 0.25) is 0 Å². The van der Waals surface area contributed by atoms with Crippen LogP contribution in [0.3, 0.4) is 0 Å². The van der Waals surface area contributed by atoms with E-state index in [0.717, 1.165) is 36.2 Å². The maximum absolute atomic E-state index is 13.0. The summed E-state index contributed by atoms with van der Waals surface area (Å²) < 4.78 is 1.77. The molecule has 0 aliphatic carbocycles. The molecule has 2 aromatic carbocycles. The predicted molar refractivity (Wildman–Crippen MR) is 140 cm³/mol. The van der Waals surface area contributed by atoms with Crippen LogP contribution in [-0.4, -0.2) is 64.8 Å². The van der Waals surface area contributed by atoms with E-state index in [1.807, 2.05) is 54.6 Å². The Morgan fingerprint density at radius 2 is 1.75 bits per heavy atom. The lowest BCUT2D eigenvalue weighted by atomic mass is 10.2. The van der Waals surface area contributed by atoms with Gasteiger partial charge in [0.1, 0.15) is 0 Å². The fourth-order valence-electron chi connectivity index (χ4n) is 4.57. The number of carbonyl (C=O) groups excluding carboxylic acids is 2. The molecule has 1 saturated heterocycles. The number of carbonyl (C=O) groups is 2. The molecule has 1 fully saturated rings. The molecular formula is C27H29N7O2. The first-order chi connectivity index (χ1) is 17.7. The second-order valence-electron chi connectivity index (χ2n) is 8.70. The molecule has 0 spiro atoms. The molecule has 1 aliphatic heterocycles. The maximum Gasteiger partial charge on any atom is 0.326 e. The fraction of sp³-hybridized carbons (Fsp3) is 0.259. The van der Waals surface area contributed by atoms with Gasteiger partial charge in [-0.15, -0.1) is 0 Å². The molecule has 0 unspecified atom stereocenters. The summed E-state index contributed by atoms with van der Waals surface area (Å²) in [5, 5.41) is 11.2. The number of para-hydroxylation sites is 1. The molecule has 36 heavy (non-hydrogen) atoms. The second kappa shape index (κ2) is 10.6. The van der Waals surface area contributed by atoms with Crippen molar-refractivity contribution in [3.8, 4) is 5.69 Å². The molecule has 0 radical (unpaired) electrons. The third-order valence-electron chi connectivity index (χ3n) is 6.39. The van der Waals surface area contributed by atoms with Gasteiger partial charge >= 0.3 is 6.03 Å². The van der Waals surface area contributed by atoms with Gasteiger partial charge in [-0.05, 0) is 68.4 Å². The van der Waals surface area contributed by atoms with Crippen molar-refractivity contribution >= 4 is 34.2 Å². The van der Waals surface area contributed by atoms with Crippen LogP contribution in [0.15, 0.2) is 73.1 Å². The number of anilines is 2. The van der Waals surface area contributed by atoms with Gasteiger partial charge in [0.2, 0.25) is 0 Å². The lowest BCUT2D eigenvalue weighted by Crippen LogP contribution is -2.34. The first-order valence-electron chi connectivity index (χ1n) is 12.2. The number of hydrogen-bond donors (Lipinski definition) is 2. The van der Waals surface area contributed by atoms with Crippen LogP contribution >= 0.6 is 0 Å². The number of pyridine rings is 1. The summed E-state index contributed by atoms with van der Waals surface area (Å²) in [5.41, 5.74) is 3.36. The molecule has 0 saturated carbocycles. The SMILES string of the molecule is CNC(=O)N(c1ccc(-n2nc(C(=O)NCCN3CCCC3)c3ccccc32)cc1)c1cccnc1. The number of amides is 3. The average Bonchev–Trinajstić information content (AvgIpc) is 3.58. The van der Waals surface area contributed by atoms with Gasteiger partial charge in [0.05, 0.1) is 28.8 Å². The van der Waals surface area contributed by atoms with Gasteiger partial charge in [-0.25, -0.2) is 9.48 Å². The Labute approximate surface area is 209 Å². The zero-order valence-electron chi connectivity index (χ0n) is 20.2. The Morgan fingerprint density at radius 3 is 2.47 bits per heavy atom. The number of nitrogens with one attached hydrogen (secondary N) is 2. The highest BCUT2D eigenvalue weighted by molar-refractivity contribution is 6.05. The van der Waals surface area contributed by atoms with E-state index in [-0.39, 0.29) is 11.9 Å². The van der Waals surface area contributed by atoms with Crippen LogP contribution in [0.25, 0.3) is 16.6 Å². The molecule has 2 aromatic heterocycles. The van der Waals surface area contributed by atoms with Crippen molar-refractivity contribution in [2.75, 3.05) is 38.1 Å². The number of rotatable bonds is 7. The van der Waals surface area contributed by atoms with Crippen LogP contribution in [0.1, 0.15) is 23.3 Å². The highest BCUT2D eigenvalue weighted by Crippen LogP contribution is 2.28. The first-order valence-corrected chi connectivity index (χ1v) is 12.2. The van der Waals surface area contributed by atoms with Crippen molar-refractivity contribution in [3.05, 3.63) is 78.8 Å². The Bertz CT molecular complexity index is 1350. The van der Waals surface area contributed by atoms with Crippen molar-refractivity contribution in [2.45, 2.75) is 12.8 Å². The summed E-state index contributed by atoms with van der Waals surface area (Å²) in [7, 11) is 1.59. The van der Waals surface area contributed by atoms with Crippen LogP contribution in [0.5, 0.6) is 0 Å². The third kappa shape index (κ3) is 4.78. The smallest absolute Gasteiger partial charge is 0.326 e. The highest BCUT2D eigenvalue weighted by atomic mass is 16.2. The molecule has 0 bridgehead atoms. The molecule has 1 aliphatic rings. The quantitative estimate of drug-likeness (QED) is 0.418. The summed E-state index contributed by atoms with van der Waals surface area (Å²) in [6.07, 6.45) is 5.76. The fourth-order valence-corrected chi connectivity index (χ4v) is 4.57. The number of benzene rings is 2. The van der Waals surface area contributed by atoms with Gasteiger partial charge in [0.25, 0.3) is 5.91 Å². The lowest BCUT2D eigenvalue weighted by molar-refractivity contribution is 0.0946. The summed E-state index contributed by atoms with van der Waals surface area (Å²) in [4.78, 5) is 33.7. The van der Waals surface area contributed by atoms with Gasteiger partial charge in [0, 0.05) is 31.7 Å². The molecule has 184 valence electrons. The average molecular weight is 484 g/mol. The second-order valence-corrected chi connectivity index (χ2v) is 8.70. The number of aromatic nitrogens is 3. The minimum atomic E-state index is -0.270. The normalized spacial score (nSPS) is 13.6. The molecule has 0 atom stereocenters. The van der Waals surface area contributed by atoms with Gasteiger partial charge in [-0.1, -0.05) is 18.2 Å². The summed E-state index contributed by atoms with van der Waals surface area (Å²) in [5.74, 6) is -0.178. The zero-order chi connectivity index (χ0) is 24.9. The molecule has 5 rings (SSSR count). The monoisotopic (exact) mass is 483 g/mol. The Kier molecular flexibility index (Phi) is 6.90. The largest absolute Gasteiger partial charge is 0.349 e. The van der Waals surface area contributed by atoms with Gasteiger partial charge in [-0.2, -0.15) is 5.10 Å². The Balaban J connectivity index is 1.41. The van der Waals surface area contributed by atoms with E-state index in [9.17, 15) is 9.59 Å². The summed E-state index contributed by atoms with van der Waals surface area (Å²) in [6.45, 7) is 3.64. The van der Waals surface area contributed by atoms with Crippen molar-refractivity contribution in [3.63, 3.8) is 0 Å². The van der Waals surface area contributed by atoms with Crippen LogP contribution in [-0.2, 0) is 0 Å². The maximum atomic E-state index is 13.0. The van der Waals surface area contributed by atoms with Crippen molar-refractivity contribution in [1.82, 2.24) is 30.3 Å². The van der Waals surface area contributed by atoms with E-state index in [4.69, 9.17) is 0 Å². The molecular weight excluding hydrogens is 454 g/mol. The number of fused-ring (bicyclic) bond motifs is 1. The standard InChI is InChI=1S/C27H29N7O2/c1-28-27(36)33(22-7-6-14-29-19-22)20-10-12-21(13-11-20)34-24-9-3-2-8-23(24)25(31-34)26(35)30-15-18-32-16-4-5-17-32/h2-3,6-14,19H,4-5,15-18H2,1H3,(H,28,36)(H,30,35). The van der Waals surface area contributed by atoms with Gasteiger partial charge in [-0.3, -0.25) is 14.7 Å². The van der Waals surface area contributed by atoms with E-state index >= 15 is 0 Å². The van der Waals surface area contributed by atoms with Crippen molar-refractivity contribution < 1.29 is 9.59 Å². The van der Waals surface area contributed by atoms with E-state index < -0.39 is 0 Å². The summed E-state index contributed by atoms with van der Waals surface area (Å²) >= 11 is 0. The van der Waals surface area contributed by atoms with Gasteiger partial charge in [0.15, 0.2) is 5.69 Å². The number of nitrogens with zero attached hydrogens (tertiary/aromatic N) is 5. The Morgan fingerprint density at radius 1 is 0.972 bits per heavy atom. The minimum Gasteiger partial charge on any atom is -0.349 e. The van der Waals surface area contributed by atoms with E-state index in [2.05, 4.69) is 25.6 Å². The van der Waals surface area contributed by atoms with E-state index in [1.165, 1.54) is 12.8 Å². The molecule has 3 amide bonds. The van der Waals surface area contributed by atoms with Crippen LogP contribution in [0.4, 0.5) is 16.2 Å². The molecule has 4 aromatic rings. The third-order valence-corrected chi connectivity index (χ3v) is 6.39. The number of urea groups is 1. The van der Waals surface area contributed by atoms with Crippen LogP contribution in [0, 0.1) is 0 Å². The highest BCUT2D eigenvalue weighted by Gasteiger charge is 2.20. The molecule has 9 heteroatoms. The van der Waals surface area contributed by atoms with Gasteiger partial charge < -0.3 is 15.5 Å². The van der Waals surface area contributed by atoms with Crippen LogP contribution < -0.4 is 15.5 Å². The number of hydrogen-bond acceptors (Lipinski definition) is 5. The van der Waals surface area contributed by atoms with Crippen molar-refractivity contribution in [2.24, 2.45) is 0 Å². The topological polar surface area (TPSA) is 95.4 Å². The Hall–Kier alpha value is -4.24. The van der Waals surface area contributed by atoms with Crippen molar-refractivity contribution in [1.29, 1.82) is 0 Å². The zero-order valence-corrected chi connectivity index (χ0v) is 20.2. The van der Waals surface area contributed by atoms with E-state index in [1.54, 1.807) is 35.1 Å². The van der Waals surface area contributed by atoms with E-state index in [0.29, 0.717) is 23.6 Å². The predicted octanol–water partition coefficient (Wildman–Crippen LogP) is 3.72. The molecule has 3 heterocycles. The molecule has 9 nitrogen and oxygen atoms in total. The first kappa shape index (κ1) is 23.5. The summed E-state index contributed by atoms with van der Waals surface area (Å²) in [6, 6.07) is 18.5. The minimum absolute atomic E-state index is 0.178. The lowest BCUT2D eigenvalue weighted by Gasteiger charge is -2.22. The molecule has 2 N–H and O–H groups in total. The number of likely N-dealkylation sites (tertiary alicyclic amines) is 1.